The van der Waals surface area contributed by atoms with Crippen molar-refractivity contribution < 1.29 is 4.79 Å². The fourth-order valence-corrected chi connectivity index (χ4v) is 2.93. The SMILES string of the molecule is Cc1cccc(CN2CCN(C(=O)c3[nH]ncc3Cl)CC2)c1. The fraction of sp³-hybridized carbons (Fsp3) is 0.375. The van der Waals surface area contributed by atoms with Crippen molar-refractivity contribution in [2.24, 2.45) is 0 Å². The number of carbonyl (C=O) groups is 1. The molecule has 0 saturated carbocycles. The summed E-state index contributed by atoms with van der Waals surface area (Å²) >= 11 is 5.95. The van der Waals surface area contributed by atoms with Gasteiger partial charge < -0.3 is 4.90 Å². The molecular weight excluding hydrogens is 300 g/mol. The largest absolute Gasteiger partial charge is 0.335 e. The molecule has 1 aliphatic rings. The molecular formula is C16H19ClN4O. The highest BCUT2D eigenvalue weighted by Crippen LogP contribution is 2.16. The van der Waals surface area contributed by atoms with Crippen LogP contribution in [0.15, 0.2) is 30.5 Å². The molecule has 0 bridgehead atoms. The van der Waals surface area contributed by atoms with E-state index in [4.69, 9.17) is 11.6 Å². The van der Waals surface area contributed by atoms with E-state index in [0.717, 1.165) is 19.6 Å². The first-order valence-electron chi connectivity index (χ1n) is 7.39. The van der Waals surface area contributed by atoms with E-state index in [-0.39, 0.29) is 5.91 Å². The summed E-state index contributed by atoms with van der Waals surface area (Å²) in [7, 11) is 0. The van der Waals surface area contributed by atoms with E-state index in [2.05, 4.69) is 46.3 Å². The third kappa shape index (κ3) is 3.31. The molecule has 2 heterocycles. The van der Waals surface area contributed by atoms with E-state index >= 15 is 0 Å². The Balaban J connectivity index is 1.56. The normalized spacial score (nSPS) is 16.0. The molecule has 1 saturated heterocycles. The van der Waals surface area contributed by atoms with Crippen molar-refractivity contribution in [1.29, 1.82) is 0 Å². The maximum Gasteiger partial charge on any atom is 0.273 e. The van der Waals surface area contributed by atoms with Gasteiger partial charge in [-0.2, -0.15) is 5.10 Å². The maximum absolute atomic E-state index is 12.3. The Labute approximate surface area is 134 Å². The Hall–Kier alpha value is -1.85. The first-order chi connectivity index (χ1) is 10.6. The predicted molar refractivity (Wildman–Crippen MR) is 86.0 cm³/mol. The van der Waals surface area contributed by atoms with Crippen LogP contribution in [0.4, 0.5) is 0 Å². The summed E-state index contributed by atoms with van der Waals surface area (Å²) in [4.78, 5) is 16.5. The van der Waals surface area contributed by atoms with Crippen LogP contribution in [-0.4, -0.2) is 52.1 Å². The lowest BCUT2D eigenvalue weighted by molar-refractivity contribution is 0.0623. The maximum atomic E-state index is 12.3. The molecule has 1 aliphatic heterocycles. The number of nitrogens with zero attached hydrogens (tertiary/aromatic N) is 3. The average Bonchev–Trinajstić information content (AvgIpc) is 2.93. The fourth-order valence-electron chi connectivity index (χ4n) is 2.76. The van der Waals surface area contributed by atoms with Crippen LogP contribution in [0, 0.1) is 6.92 Å². The molecule has 0 atom stereocenters. The minimum atomic E-state index is -0.0716. The molecule has 0 aliphatic carbocycles. The number of aryl methyl sites for hydroxylation is 1. The van der Waals surface area contributed by atoms with Gasteiger partial charge in [0, 0.05) is 32.7 Å². The zero-order valence-corrected chi connectivity index (χ0v) is 13.3. The average molecular weight is 319 g/mol. The smallest absolute Gasteiger partial charge is 0.273 e. The van der Waals surface area contributed by atoms with Gasteiger partial charge in [-0.25, -0.2) is 0 Å². The number of carbonyl (C=O) groups excluding carboxylic acids is 1. The number of rotatable bonds is 3. The molecule has 5 nitrogen and oxygen atoms in total. The number of hydrogen-bond donors (Lipinski definition) is 1. The molecule has 1 amide bonds. The second-order valence-corrected chi connectivity index (χ2v) is 6.06. The highest BCUT2D eigenvalue weighted by molar-refractivity contribution is 6.33. The standard InChI is InChI=1S/C16H19ClN4O/c1-12-3-2-4-13(9-12)11-20-5-7-21(8-6-20)16(22)15-14(17)10-18-19-15/h2-4,9-10H,5-8,11H2,1H3,(H,18,19). The molecule has 1 aromatic carbocycles. The summed E-state index contributed by atoms with van der Waals surface area (Å²) in [5.41, 5.74) is 2.98. The summed E-state index contributed by atoms with van der Waals surface area (Å²) < 4.78 is 0. The number of aromatic amines is 1. The van der Waals surface area contributed by atoms with Crippen molar-refractivity contribution in [1.82, 2.24) is 20.0 Å². The van der Waals surface area contributed by atoms with Crippen LogP contribution in [-0.2, 0) is 6.54 Å². The van der Waals surface area contributed by atoms with E-state index in [0.29, 0.717) is 23.8 Å². The zero-order valence-electron chi connectivity index (χ0n) is 12.6. The van der Waals surface area contributed by atoms with Crippen molar-refractivity contribution >= 4 is 17.5 Å². The second-order valence-electron chi connectivity index (χ2n) is 5.65. The Morgan fingerprint density at radius 1 is 1.32 bits per heavy atom. The number of halogens is 1. The van der Waals surface area contributed by atoms with Crippen molar-refractivity contribution in [2.75, 3.05) is 26.2 Å². The van der Waals surface area contributed by atoms with E-state index < -0.39 is 0 Å². The number of H-pyrrole nitrogens is 1. The number of nitrogens with one attached hydrogen (secondary N) is 1. The Morgan fingerprint density at radius 3 is 2.73 bits per heavy atom. The van der Waals surface area contributed by atoms with Gasteiger partial charge in [0.25, 0.3) is 5.91 Å². The van der Waals surface area contributed by atoms with E-state index in [1.165, 1.54) is 17.3 Å². The quantitative estimate of drug-likeness (QED) is 0.945. The Bertz CT molecular complexity index is 662. The molecule has 1 N–H and O–H groups in total. The van der Waals surface area contributed by atoms with Crippen LogP contribution in [0.1, 0.15) is 21.6 Å². The highest BCUT2D eigenvalue weighted by Gasteiger charge is 2.24. The minimum Gasteiger partial charge on any atom is -0.335 e. The van der Waals surface area contributed by atoms with Gasteiger partial charge in [-0.3, -0.25) is 14.8 Å². The summed E-state index contributed by atoms with van der Waals surface area (Å²) in [6.07, 6.45) is 1.46. The van der Waals surface area contributed by atoms with E-state index in [1.54, 1.807) is 0 Å². The predicted octanol–water partition coefficient (Wildman–Crippen LogP) is 2.33. The molecule has 0 radical (unpaired) electrons. The molecule has 22 heavy (non-hydrogen) atoms. The third-order valence-electron chi connectivity index (χ3n) is 3.96. The van der Waals surface area contributed by atoms with E-state index in [1.807, 2.05) is 4.90 Å². The number of amides is 1. The van der Waals surface area contributed by atoms with E-state index in [9.17, 15) is 4.79 Å². The number of hydrogen-bond acceptors (Lipinski definition) is 3. The lowest BCUT2D eigenvalue weighted by Gasteiger charge is -2.34. The lowest BCUT2D eigenvalue weighted by atomic mass is 10.1. The van der Waals surface area contributed by atoms with Crippen LogP contribution in [0.25, 0.3) is 0 Å². The molecule has 3 rings (SSSR count). The van der Waals surface area contributed by atoms with Crippen LogP contribution >= 0.6 is 11.6 Å². The third-order valence-corrected chi connectivity index (χ3v) is 4.24. The first kappa shape index (κ1) is 15.1. The molecule has 116 valence electrons. The zero-order chi connectivity index (χ0) is 15.5. The summed E-state index contributed by atoms with van der Waals surface area (Å²) in [5, 5.41) is 6.86. The van der Waals surface area contributed by atoms with Gasteiger partial charge in [0.15, 0.2) is 0 Å². The van der Waals surface area contributed by atoms with Gasteiger partial charge in [0.1, 0.15) is 5.69 Å². The lowest BCUT2D eigenvalue weighted by Crippen LogP contribution is -2.48. The van der Waals surface area contributed by atoms with Crippen LogP contribution in [0.5, 0.6) is 0 Å². The first-order valence-corrected chi connectivity index (χ1v) is 7.77. The summed E-state index contributed by atoms with van der Waals surface area (Å²) in [5.74, 6) is -0.0716. The van der Waals surface area contributed by atoms with Crippen molar-refractivity contribution in [3.05, 3.63) is 52.3 Å². The van der Waals surface area contributed by atoms with Gasteiger partial charge in [-0.15, -0.1) is 0 Å². The second kappa shape index (κ2) is 6.50. The Kier molecular flexibility index (Phi) is 4.45. The molecule has 1 aromatic heterocycles. The molecule has 1 fully saturated rings. The molecule has 6 heteroatoms. The summed E-state index contributed by atoms with van der Waals surface area (Å²) in [6.45, 7) is 6.18. The van der Waals surface area contributed by atoms with Crippen LogP contribution in [0.3, 0.4) is 0 Å². The van der Waals surface area contributed by atoms with Crippen molar-refractivity contribution in [3.63, 3.8) is 0 Å². The van der Waals surface area contributed by atoms with Crippen molar-refractivity contribution in [2.45, 2.75) is 13.5 Å². The van der Waals surface area contributed by atoms with Gasteiger partial charge in [0.2, 0.25) is 0 Å². The number of aromatic nitrogens is 2. The van der Waals surface area contributed by atoms with Gasteiger partial charge in [-0.1, -0.05) is 41.4 Å². The van der Waals surface area contributed by atoms with Crippen LogP contribution in [0.2, 0.25) is 5.02 Å². The monoisotopic (exact) mass is 318 g/mol. The number of piperazine rings is 1. The topological polar surface area (TPSA) is 52.2 Å². The molecule has 0 unspecified atom stereocenters. The summed E-state index contributed by atoms with van der Waals surface area (Å²) in [6, 6.07) is 8.55. The van der Waals surface area contributed by atoms with Crippen molar-refractivity contribution in [3.8, 4) is 0 Å². The van der Waals surface area contributed by atoms with Gasteiger partial charge in [0.05, 0.1) is 11.2 Å². The van der Waals surface area contributed by atoms with Gasteiger partial charge >= 0.3 is 0 Å². The minimum absolute atomic E-state index is 0.0716. The van der Waals surface area contributed by atoms with Crippen LogP contribution < -0.4 is 0 Å². The number of benzene rings is 1. The molecule has 2 aromatic rings. The van der Waals surface area contributed by atoms with Gasteiger partial charge in [-0.05, 0) is 12.5 Å². The Morgan fingerprint density at radius 2 is 2.09 bits per heavy atom. The highest BCUT2D eigenvalue weighted by atomic mass is 35.5. The molecule has 0 spiro atoms.